The highest BCUT2D eigenvalue weighted by atomic mass is 35.5. The minimum Gasteiger partial charge on any atom is -0.461 e. The number of nitrogens with zero attached hydrogens (tertiary/aromatic N) is 1. The first-order valence-electron chi connectivity index (χ1n) is 9.28. The summed E-state index contributed by atoms with van der Waals surface area (Å²) in [5.41, 5.74) is -0.170. The summed E-state index contributed by atoms with van der Waals surface area (Å²) < 4.78 is 32.2. The number of rotatable bonds is 10. The number of hydrogen-bond acceptors (Lipinski definition) is 7. The van der Waals surface area contributed by atoms with Gasteiger partial charge in [0.15, 0.2) is 0 Å². The topological polar surface area (TPSA) is 127 Å². The predicted molar refractivity (Wildman–Crippen MR) is 112 cm³/mol. The fourth-order valence-electron chi connectivity index (χ4n) is 2.63. The number of amides is 1. The molecule has 164 valence electrons. The van der Waals surface area contributed by atoms with E-state index in [1.165, 1.54) is 36.5 Å². The highest BCUT2D eigenvalue weighted by Crippen LogP contribution is 2.28. The number of aliphatic hydroxyl groups excluding tert-OH is 1. The van der Waals surface area contributed by atoms with Crippen LogP contribution in [0.15, 0.2) is 41.4 Å². The lowest BCUT2D eigenvalue weighted by atomic mass is 10.2. The van der Waals surface area contributed by atoms with Gasteiger partial charge in [-0.15, -0.1) is 0 Å². The molecule has 1 atom stereocenters. The van der Waals surface area contributed by atoms with E-state index in [0.717, 1.165) is 3.97 Å². The third-order valence-corrected chi connectivity index (χ3v) is 6.18. The normalized spacial score (nSPS) is 12.4. The Bertz CT molecular complexity index is 1000. The third-order valence-electron chi connectivity index (χ3n) is 4.22. The van der Waals surface area contributed by atoms with Gasteiger partial charge in [0.05, 0.1) is 25.4 Å². The van der Waals surface area contributed by atoms with E-state index in [1.807, 2.05) is 6.92 Å². The van der Waals surface area contributed by atoms with Gasteiger partial charge in [-0.3, -0.25) is 4.79 Å². The van der Waals surface area contributed by atoms with E-state index >= 15 is 0 Å². The highest BCUT2D eigenvalue weighted by molar-refractivity contribution is 7.90. The monoisotopic (exact) mass is 457 g/mol. The molecule has 0 spiro atoms. The quantitative estimate of drug-likeness (QED) is 0.464. The van der Waals surface area contributed by atoms with Crippen molar-refractivity contribution in [3.63, 3.8) is 0 Å². The SMILES string of the molecule is CCOC(=O)c1cccn1S(=O)(=O)c1cc(Cl)ccc1NC(=O)CNC(CC)CO. The molecule has 1 aromatic heterocycles. The predicted octanol–water partition coefficient (Wildman–Crippen LogP) is 1.85. The third kappa shape index (κ3) is 5.60. The molecule has 2 aromatic rings. The zero-order valence-corrected chi connectivity index (χ0v) is 18.2. The van der Waals surface area contributed by atoms with Gasteiger partial charge in [0, 0.05) is 17.3 Å². The number of anilines is 1. The van der Waals surface area contributed by atoms with Crippen molar-refractivity contribution in [3.8, 4) is 0 Å². The summed E-state index contributed by atoms with van der Waals surface area (Å²) in [4.78, 5) is 24.1. The number of nitrogens with one attached hydrogen (secondary N) is 2. The zero-order valence-electron chi connectivity index (χ0n) is 16.6. The Kier molecular flexibility index (Phi) is 8.42. The molecule has 30 heavy (non-hydrogen) atoms. The first-order chi connectivity index (χ1) is 14.2. The fraction of sp³-hybridized carbons (Fsp3) is 0.368. The standard InChI is InChI=1S/C19H24ClN3O6S/c1-3-14(12-24)21-11-18(25)22-15-8-7-13(20)10-17(15)30(27,28)23-9-5-6-16(23)19(26)29-4-2/h5-10,14,21,24H,3-4,11-12H2,1-2H3,(H,22,25). The van der Waals surface area contributed by atoms with Crippen molar-refractivity contribution in [2.75, 3.05) is 25.1 Å². The summed E-state index contributed by atoms with van der Waals surface area (Å²) in [5.74, 6) is -1.30. The van der Waals surface area contributed by atoms with Crippen molar-refractivity contribution in [2.45, 2.75) is 31.2 Å². The van der Waals surface area contributed by atoms with Crippen LogP contribution in [0.2, 0.25) is 5.02 Å². The number of aliphatic hydroxyl groups is 1. The van der Waals surface area contributed by atoms with E-state index in [4.69, 9.17) is 16.3 Å². The number of hydrogen-bond donors (Lipinski definition) is 3. The van der Waals surface area contributed by atoms with Gasteiger partial charge in [0.2, 0.25) is 5.91 Å². The molecular weight excluding hydrogens is 434 g/mol. The summed E-state index contributed by atoms with van der Waals surface area (Å²) in [5, 5.41) is 14.7. The molecule has 1 heterocycles. The number of carbonyl (C=O) groups excluding carboxylic acids is 2. The molecule has 0 fully saturated rings. The first-order valence-corrected chi connectivity index (χ1v) is 11.1. The smallest absolute Gasteiger partial charge is 0.355 e. The van der Waals surface area contributed by atoms with E-state index in [9.17, 15) is 23.1 Å². The Balaban J connectivity index is 2.36. The van der Waals surface area contributed by atoms with Crippen LogP contribution in [-0.2, 0) is 19.6 Å². The number of benzene rings is 1. The zero-order chi connectivity index (χ0) is 22.3. The van der Waals surface area contributed by atoms with Gasteiger partial charge in [-0.25, -0.2) is 17.2 Å². The maximum atomic E-state index is 13.2. The molecule has 0 saturated heterocycles. The Morgan fingerprint density at radius 1 is 1.27 bits per heavy atom. The molecule has 0 aliphatic carbocycles. The molecule has 1 amide bonds. The molecule has 0 aliphatic rings. The summed E-state index contributed by atoms with van der Waals surface area (Å²) in [7, 11) is -4.27. The van der Waals surface area contributed by atoms with Gasteiger partial charge in [0.25, 0.3) is 10.0 Å². The maximum Gasteiger partial charge on any atom is 0.355 e. The van der Waals surface area contributed by atoms with E-state index < -0.39 is 21.9 Å². The van der Waals surface area contributed by atoms with Crippen molar-refractivity contribution in [1.29, 1.82) is 0 Å². The second-order valence-electron chi connectivity index (χ2n) is 6.27. The van der Waals surface area contributed by atoms with Crippen LogP contribution in [0.4, 0.5) is 5.69 Å². The van der Waals surface area contributed by atoms with Crippen molar-refractivity contribution in [2.24, 2.45) is 0 Å². The van der Waals surface area contributed by atoms with Crippen molar-refractivity contribution in [1.82, 2.24) is 9.29 Å². The average Bonchev–Trinajstić information content (AvgIpc) is 3.21. The summed E-state index contributed by atoms with van der Waals surface area (Å²) in [6.07, 6.45) is 1.83. The maximum absolute atomic E-state index is 13.2. The van der Waals surface area contributed by atoms with Crippen molar-refractivity contribution < 1.29 is 27.9 Å². The molecule has 3 N–H and O–H groups in total. The van der Waals surface area contributed by atoms with Crippen LogP contribution in [0.25, 0.3) is 0 Å². The number of aromatic nitrogens is 1. The average molecular weight is 458 g/mol. The lowest BCUT2D eigenvalue weighted by molar-refractivity contribution is -0.115. The Morgan fingerprint density at radius 2 is 2.00 bits per heavy atom. The second kappa shape index (κ2) is 10.6. The molecule has 11 heteroatoms. The van der Waals surface area contributed by atoms with Crippen LogP contribution < -0.4 is 10.6 Å². The Labute approximate surface area is 180 Å². The van der Waals surface area contributed by atoms with E-state index in [2.05, 4.69) is 10.6 Å². The van der Waals surface area contributed by atoms with E-state index in [-0.39, 0.29) is 47.1 Å². The largest absolute Gasteiger partial charge is 0.461 e. The van der Waals surface area contributed by atoms with Crippen LogP contribution in [0.1, 0.15) is 30.8 Å². The minimum atomic E-state index is -4.27. The molecule has 1 unspecified atom stereocenters. The number of ether oxygens (including phenoxy) is 1. The molecule has 0 saturated carbocycles. The number of halogens is 1. The van der Waals surface area contributed by atoms with Crippen LogP contribution in [0, 0.1) is 0 Å². The van der Waals surface area contributed by atoms with Gasteiger partial charge in [-0.2, -0.15) is 0 Å². The second-order valence-corrected chi connectivity index (χ2v) is 8.49. The van der Waals surface area contributed by atoms with Gasteiger partial charge in [-0.05, 0) is 43.7 Å². The lowest BCUT2D eigenvalue weighted by Crippen LogP contribution is -2.38. The summed E-state index contributed by atoms with van der Waals surface area (Å²) in [6.45, 7) is 3.29. The molecule has 2 rings (SSSR count). The van der Waals surface area contributed by atoms with Gasteiger partial charge < -0.3 is 20.5 Å². The highest BCUT2D eigenvalue weighted by Gasteiger charge is 2.27. The van der Waals surface area contributed by atoms with E-state index in [0.29, 0.717) is 6.42 Å². The molecular formula is C19H24ClN3O6S. The van der Waals surface area contributed by atoms with Crippen molar-refractivity contribution >= 4 is 39.2 Å². The van der Waals surface area contributed by atoms with Gasteiger partial charge in [-0.1, -0.05) is 18.5 Å². The molecule has 9 nitrogen and oxygen atoms in total. The lowest BCUT2D eigenvalue weighted by Gasteiger charge is -2.16. The summed E-state index contributed by atoms with van der Waals surface area (Å²) in [6, 6.07) is 6.46. The van der Waals surface area contributed by atoms with Crippen molar-refractivity contribution in [3.05, 3.63) is 47.2 Å². The van der Waals surface area contributed by atoms with Crippen LogP contribution in [0.3, 0.4) is 0 Å². The van der Waals surface area contributed by atoms with Gasteiger partial charge in [0.1, 0.15) is 10.6 Å². The minimum absolute atomic E-state index is 0.00626. The molecule has 0 bridgehead atoms. The molecule has 1 aromatic carbocycles. The van der Waals surface area contributed by atoms with Crippen LogP contribution in [-0.4, -0.2) is 55.2 Å². The number of esters is 1. The molecule has 0 aliphatic heterocycles. The summed E-state index contributed by atoms with van der Waals surface area (Å²) >= 11 is 6.00. The first kappa shape index (κ1) is 23.9. The van der Waals surface area contributed by atoms with Crippen LogP contribution >= 0.6 is 11.6 Å². The fourth-order valence-corrected chi connectivity index (χ4v) is 4.37. The molecule has 0 radical (unpaired) electrons. The number of carbonyl (C=O) groups is 2. The van der Waals surface area contributed by atoms with Crippen LogP contribution in [0.5, 0.6) is 0 Å². The Morgan fingerprint density at radius 3 is 2.63 bits per heavy atom. The Hall–Kier alpha value is -2.40. The van der Waals surface area contributed by atoms with E-state index in [1.54, 1.807) is 6.92 Å². The van der Waals surface area contributed by atoms with Gasteiger partial charge >= 0.3 is 5.97 Å².